The van der Waals surface area contributed by atoms with Crippen molar-refractivity contribution < 1.29 is 4.79 Å². The van der Waals surface area contributed by atoms with Crippen LogP contribution in [0.15, 0.2) is 42.5 Å². The van der Waals surface area contributed by atoms with E-state index in [4.69, 9.17) is 12.2 Å². The van der Waals surface area contributed by atoms with E-state index in [0.29, 0.717) is 10.7 Å². The van der Waals surface area contributed by atoms with Crippen molar-refractivity contribution in [3.8, 4) is 0 Å². The maximum atomic E-state index is 12.1. The van der Waals surface area contributed by atoms with E-state index in [9.17, 15) is 4.79 Å². The number of benzene rings is 2. The smallest absolute Gasteiger partial charge is 0.269 e. The van der Waals surface area contributed by atoms with Crippen LogP contribution < -0.4 is 16.2 Å². The van der Waals surface area contributed by atoms with Crippen LogP contribution in [0.2, 0.25) is 0 Å². The van der Waals surface area contributed by atoms with Crippen molar-refractivity contribution in [2.75, 3.05) is 5.32 Å². The van der Waals surface area contributed by atoms with Gasteiger partial charge in [0.1, 0.15) is 0 Å². The lowest BCUT2D eigenvalue weighted by Gasteiger charge is -2.14. The zero-order valence-electron chi connectivity index (χ0n) is 12.9. The number of thiocarbonyl (C=S) groups is 1. The second-order valence-corrected chi connectivity index (χ2v) is 5.57. The average molecular weight is 313 g/mol. The van der Waals surface area contributed by atoms with Crippen molar-refractivity contribution in [1.82, 2.24) is 10.9 Å². The molecule has 22 heavy (non-hydrogen) atoms. The Morgan fingerprint density at radius 3 is 2.41 bits per heavy atom. The maximum Gasteiger partial charge on any atom is 0.269 e. The molecular weight excluding hydrogens is 294 g/mol. The Balaban J connectivity index is 1.94. The van der Waals surface area contributed by atoms with Crippen LogP contribution in [0.25, 0.3) is 0 Å². The van der Waals surface area contributed by atoms with Crippen molar-refractivity contribution in [2.45, 2.75) is 20.8 Å². The third-order valence-electron chi connectivity index (χ3n) is 3.32. The highest BCUT2D eigenvalue weighted by Crippen LogP contribution is 2.16. The quantitative estimate of drug-likeness (QED) is 0.588. The summed E-state index contributed by atoms with van der Waals surface area (Å²) in [4.78, 5) is 12.1. The van der Waals surface area contributed by atoms with Crippen molar-refractivity contribution in [3.05, 3.63) is 64.7 Å². The largest absolute Gasteiger partial charge is 0.331 e. The van der Waals surface area contributed by atoms with Gasteiger partial charge in [-0.1, -0.05) is 30.3 Å². The molecule has 0 aliphatic rings. The molecule has 0 saturated heterocycles. The van der Waals surface area contributed by atoms with Gasteiger partial charge in [0.05, 0.1) is 0 Å². The zero-order valence-corrected chi connectivity index (χ0v) is 13.7. The van der Waals surface area contributed by atoms with E-state index in [1.807, 2.05) is 57.2 Å². The van der Waals surface area contributed by atoms with E-state index >= 15 is 0 Å². The maximum absolute atomic E-state index is 12.1. The van der Waals surface area contributed by atoms with Crippen molar-refractivity contribution in [2.24, 2.45) is 0 Å². The highest BCUT2D eigenvalue weighted by molar-refractivity contribution is 7.80. The van der Waals surface area contributed by atoms with Crippen LogP contribution >= 0.6 is 12.2 Å². The first kappa shape index (κ1) is 16.0. The lowest BCUT2D eigenvalue weighted by molar-refractivity contribution is 0.0943. The molecule has 0 bridgehead atoms. The van der Waals surface area contributed by atoms with Gasteiger partial charge in [0.25, 0.3) is 5.91 Å². The van der Waals surface area contributed by atoms with E-state index in [0.717, 1.165) is 22.4 Å². The SMILES string of the molecule is Cc1ccc(C)c(NC(=S)NNC(=O)c2ccccc2C)c1. The Kier molecular flexibility index (Phi) is 5.12. The molecule has 0 fully saturated rings. The topological polar surface area (TPSA) is 53.2 Å². The van der Waals surface area contributed by atoms with Crippen LogP contribution in [-0.2, 0) is 0 Å². The van der Waals surface area contributed by atoms with E-state index < -0.39 is 0 Å². The van der Waals surface area contributed by atoms with E-state index in [1.165, 1.54) is 0 Å². The summed E-state index contributed by atoms with van der Waals surface area (Å²) in [5, 5.41) is 3.42. The molecule has 0 radical (unpaired) electrons. The van der Waals surface area contributed by atoms with Crippen LogP contribution in [0.5, 0.6) is 0 Å². The lowest BCUT2D eigenvalue weighted by atomic mass is 10.1. The first-order valence-corrected chi connectivity index (χ1v) is 7.38. The molecule has 3 N–H and O–H groups in total. The fourth-order valence-electron chi connectivity index (χ4n) is 2.03. The van der Waals surface area contributed by atoms with Gasteiger partial charge in [-0.25, -0.2) is 0 Å². The Bertz CT molecular complexity index is 713. The summed E-state index contributed by atoms with van der Waals surface area (Å²) in [5.41, 5.74) is 9.99. The molecule has 0 aliphatic carbocycles. The highest BCUT2D eigenvalue weighted by Gasteiger charge is 2.08. The van der Waals surface area contributed by atoms with Gasteiger partial charge in [0.2, 0.25) is 0 Å². The number of aryl methyl sites for hydroxylation is 3. The second kappa shape index (κ2) is 7.04. The fourth-order valence-corrected chi connectivity index (χ4v) is 2.19. The number of hydrazine groups is 1. The molecule has 0 aliphatic heterocycles. The number of carbonyl (C=O) groups is 1. The van der Waals surface area contributed by atoms with Gasteiger partial charge >= 0.3 is 0 Å². The molecule has 5 heteroatoms. The third-order valence-corrected chi connectivity index (χ3v) is 3.52. The van der Waals surface area contributed by atoms with Crippen LogP contribution in [0.1, 0.15) is 27.0 Å². The molecule has 0 atom stereocenters. The first-order chi connectivity index (χ1) is 10.5. The van der Waals surface area contributed by atoms with Gasteiger partial charge in [-0.05, 0) is 61.8 Å². The van der Waals surface area contributed by atoms with Gasteiger partial charge in [0, 0.05) is 11.3 Å². The molecule has 1 amide bonds. The zero-order chi connectivity index (χ0) is 16.1. The van der Waals surface area contributed by atoms with Gasteiger partial charge in [-0.3, -0.25) is 15.6 Å². The Labute approximate surface area is 135 Å². The molecular formula is C17H19N3OS. The summed E-state index contributed by atoms with van der Waals surface area (Å²) in [6, 6.07) is 13.4. The molecule has 4 nitrogen and oxygen atoms in total. The van der Waals surface area contributed by atoms with Crippen LogP contribution in [-0.4, -0.2) is 11.0 Å². The number of nitrogens with one attached hydrogen (secondary N) is 3. The second-order valence-electron chi connectivity index (χ2n) is 5.17. The van der Waals surface area contributed by atoms with Gasteiger partial charge in [-0.15, -0.1) is 0 Å². The number of rotatable bonds is 2. The number of amides is 1. The summed E-state index contributed by atoms with van der Waals surface area (Å²) in [7, 11) is 0. The minimum absolute atomic E-state index is 0.219. The minimum Gasteiger partial charge on any atom is -0.331 e. The molecule has 2 aromatic rings. The third kappa shape index (κ3) is 4.05. The Morgan fingerprint density at radius 1 is 0.955 bits per heavy atom. The van der Waals surface area contributed by atoms with Crippen molar-refractivity contribution in [3.63, 3.8) is 0 Å². The molecule has 0 aromatic heterocycles. The predicted molar refractivity (Wildman–Crippen MR) is 93.9 cm³/mol. The average Bonchev–Trinajstić information content (AvgIpc) is 2.49. The van der Waals surface area contributed by atoms with Crippen molar-refractivity contribution >= 4 is 28.9 Å². The summed E-state index contributed by atoms with van der Waals surface area (Å²) in [6.07, 6.45) is 0. The molecule has 114 valence electrons. The van der Waals surface area contributed by atoms with E-state index in [-0.39, 0.29) is 5.91 Å². The summed E-state index contributed by atoms with van der Waals surface area (Å²) in [5.74, 6) is -0.219. The molecule has 0 saturated carbocycles. The normalized spacial score (nSPS) is 9.95. The number of anilines is 1. The van der Waals surface area contributed by atoms with Gasteiger partial charge in [-0.2, -0.15) is 0 Å². The predicted octanol–water partition coefficient (Wildman–Crippen LogP) is 3.24. The summed E-state index contributed by atoms with van der Waals surface area (Å²) >= 11 is 5.20. The monoisotopic (exact) mass is 313 g/mol. The Morgan fingerprint density at radius 2 is 1.68 bits per heavy atom. The molecule has 0 heterocycles. The number of carbonyl (C=O) groups excluding carboxylic acids is 1. The fraction of sp³-hybridized carbons (Fsp3) is 0.176. The number of hydrogen-bond acceptors (Lipinski definition) is 2. The highest BCUT2D eigenvalue weighted by atomic mass is 32.1. The molecule has 0 spiro atoms. The van der Waals surface area contributed by atoms with Crippen LogP contribution in [0, 0.1) is 20.8 Å². The van der Waals surface area contributed by atoms with Crippen molar-refractivity contribution in [1.29, 1.82) is 0 Å². The lowest BCUT2D eigenvalue weighted by Crippen LogP contribution is -2.44. The van der Waals surface area contributed by atoms with E-state index in [2.05, 4.69) is 16.2 Å². The van der Waals surface area contributed by atoms with E-state index in [1.54, 1.807) is 6.07 Å². The first-order valence-electron chi connectivity index (χ1n) is 6.97. The standard InChI is InChI=1S/C17H19N3OS/c1-11-8-9-13(3)15(10-11)18-17(22)20-19-16(21)14-7-5-4-6-12(14)2/h4-10H,1-3H3,(H,19,21)(H2,18,20,22). The number of hydrogen-bond donors (Lipinski definition) is 3. The molecule has 2 aromatic carbocycles. The summed E-state index contributed by atoms with van der Waals surface area (Å²) in [6.45, 7) is 5.90. The molecule has 0 unspecified atom stereocenters. The summed E-state index contributed by atoms with van der Waals surface area (Å²) < 4.78 is 0. The Hall–Kier alpha value is -2.40. The van der Waals surface area contributed by atoms with Gasteiger partial charge < -0.3 is 5.32 Å². The van der Waals surface area contributed by atoms with Crippen LogP contribution in [0.3, 0.4) is 0 Å². The van der Waals surface area contributed by atoms with Gasteiger partial charge in [0.15, 0.2) is 5.11 Å². The minimum atomic E-state index is -0.219. The van der Waals surface area contributed by atoms with Crippen LogP contribution in [0.4, 0.5) is 5.69 Å². The molecule has 2 rings (SSSR count).